The fraction of sp³-hybridized carbons (Fsp3) is 0.0857. The molecule has 0 bridgehead atoms. The lowest BCUT2D eigenvalue weighted by molar-refractivity contribution is 0.734. The zero-order valence-corrected chi connectivity index (χ0v) is 20.9. The Morgan fingerprint density at radius 1 is 0.649 bits per heavy atom. The lowest BCUT2D eigenvalue weighted by atomic mass is 10.0. The van der Waals surface area contributed by atoms with Gasteiger partial charge in [-0.1, -0.05) is 91.9 Å². The van der Waals surface area contributed by atoms with Crippen LogP contribution in [0.3, 0.4) is 0 Å². The van der Waals surface area contributed by atoms with Crippen LogP contribution in [0.5, 0.6) is 0 Å². The predicted octanol–water partition coefficient (Wildman–Crippen LogP) is 9.36. The predicted molar refractivity (Wildman–Crippen MR) is 157 cm³/mol. The minimum absolute atomic E-state index is 0.563. The maximum atomic E-state index is 2.38. The van der Waals surface area contributed by atoms with Gasteiger partial charge in [0.15, 0.2) is 0 Å². The van der Waals surface area contributed by atoms with Crippen molar-refractivity contribution in [3.63, 3.8) is 0 Å². The lowest BCUT2D eigenvalue weighted by Gasteiger charge is -2.15. The molecule has 1 atom stereocenters. The maximum absolute atomic E-state index is 2.38. The number of hydrogen-bond donors (Lipinski definition) is 0. The van der Waals surface area contributed by atoms with E-state index in [1.807, 2.05) is 0 Å². The molecule has 1 aliphatic carbocycles. The van der Waals surface area contributed by atoms with Gasteiger partial charge in [-0.15, -0.1) is 0 Å². The topological polar surface area (TPSA) is 9.86 Å². The molecule has 2 aromatic heterocycles. The number of para-hydroxylation sites is 1. The van der Waals surface area contributed by atoms with Gasteiger partial charge in [-0.3, -0.25) is 0 Å². The summed E-state index contributed by atoms with van der Waals surface area (Å²) in [4.78, 5) is 0. The number of aromatic nitrogens is 2. The van der Waals surface area contributed by atoms with Crippen molar-refractivity contribution < 1.29 is 0 Å². The highest BCUT2D eigenvalue weighted by atomic mass is 15.0. The number of allylic oxidation sites excluding steroid dienone is 4. The van der Waals surface area contributed by atoms with Gasteiger partial charge in [-0.2, -0.15) is 0 Å². The first kappa shape index (κ1) is 21.7. The largest absolute Gasteiger partial charge is 0.317 e. The SMILES string of the molecule is CC1C=C(n2ccc3ccc(-c4ccc5cc(-c6ccccc6)n(-c6ccccc6)c5c4)cc32)C=CC1. The van der Waals surface area contributed by atoms with Crippen molar-refractivity contribution in [1.29, 1.82) is 0 Å². The summed E-state index contributed by atoms with van der Waals surface area (Å²) in [5.74, 6) is 0.563. The van der Waals surface area contributed by atoms with Crippen molar-refractivity contribution in [2.75, 3.05) is 0 Å². The Morgan fingerprint density at radius 3 is 2.11 bits per heavy atom. The Balaban J connectivity index is 1.40. The van der Waals surface area contributed by atoms with Crippen LogP contribution >= 0.6 is 0 Å². The van der Waals surface area contributed by atoms with E-state index in [1.165, 1.54) is 55.6 Å². The molecule has 0 saturated heterocycles. The molecule has 0 saturated carbocycles. The summed E-state index contributed by atoms with van der Waals surface area (Å²) < 4.78 is 4.71. The molecule has 2 nitrogen and oxygen atoms in total. The van der Waals surface area contributed by atoms with E-state index in [2.05, 4.69) is 150 Å². The zero-order chi connectivity index (χ0) is 24.8. The number of benzene rings is 4. The van der Waals surface area contributed by atoms with Gasteiger partial charge < -0.3 is 9.13 Å². The van der Waals surface area contributed by atoms with Crippen molar-refractivity contribution in [1.82, 2.24) is 9.13 Å². The summed E-state index contributed by atoms with van der Waals surface area (Å²) in [5.41, 5.74) is 9.74. The first-order valence-electron chi connectivity index (χ1n) is 13.0. The molecule has 0 N–H and O–H groups in total. The van der Waals surface area contributed by atoms with Gasteiger partial charge in [-0.25, -0.2) is 0 Å². The first-order valence-corrected chi connectivity index (χ1v) is 13.0. The average molecular weight is 477 g/mol. The summed E-state index contributed by atoms with van der Waals surface area (Å²) in [6.07, 6.45) is 10.2. The second-order valence-corrected chi connectivity index (χ2v) is 10.0. The molecular weight excluding hydrogens is 448 g/mol. The highest BCUT2D eigenvalue weighted by molar-refractivity contribution is 5.94. The van der Waals surface area contributed by atoms with Crippen LogP contribution < -0.4 is 0 Å². The lowest BCUT2D eigenvalue weighted by Crippen LogP contribution is -2.00. The Kier molecular flexibility index (Phi) is 5.18. The standard InChI is InChI=1S/C35H28N2/c1-25-9-8-14-32(21-25)36-20-19-27-15-16-28(22-33(27)36)29-17-18-30-24-34(26-10-4-2-5-11-26)37(35(30)23-29)31-12-6-3-7-13-31/h2-8,10-25H,9H2,1H3. The second kappa shape index (κ2) is 8.83. The van der Waals surface area contributed by atoms with Crippen LogP contribution in [0.25, 0.3) is 55.6 Å². The maximum Gasteiger partial charge on any atom is 0.0541 e. The minimum atomic E-state index is 0.563. The monoisotopic (exact) mass is 476 g/mol. The Morgan fingerprint density at radius 2 is 1.35 bits per heavy atom. The van der Waals surface area contributed by atoms with E-state index in [-0.39, 0.29) is 0 Å². The molecule has 37 heavy (non-hydrogen) atoms. The molecule has 4 aromatic carbocycles. The Labute approximate surface area is 217 Å². The Bertz CT molecular complexity index is 1800. The third-order valence-corrected chi connectivity index (χ3v) is 7.44. The third-order valence-electron chi connectivity index (χ3n) is 7.44. The van der Waals surface area contributed by atoms with Crippen LogP contribution in [-0.4, -0.2) is 9.13 Å². The number of hydrogen-bond acceptors (Lipinski definition) is 0. The summed E-state index contributed by atoms with van der Waals surface area (Å²) >= 11 is 0. The quantitative estimate of drug-likeness (QED) is 0.240. The van der Waals surface area contributed by atoms with Crippen molar-refractivity contribution in [2.45, 2.75) is 13.3 Å². The molecule has 0 amide bonds. The van der Waals surface area contributed by atoms with Gasteiger partial charge >= 0.3 is 0 Å². The molecular formula is C35H28N2. The summed E-state index contributed by atoms with van der Waals surface area (Å²) in [5, 5.41) is 2.50. The number of nitrogens with zero attached hydrogens (tertiary/aromatic N) is 2. The molecule has 0 radical (unpaired) electrons. The third kappa shape index (κ3) is 3.82. The van der Waals surface area contributed by atoms with E-state index >= 15 is 0 Å². The minimum Gasteiger partial charge on any atom is -0.317 e. The second-order valence-electron chi connectivity index (χ2n) is 10.0. The Hall–Kier alpha value is -4.56. The molecule has 7 rings (SSSR count). The molecule has 6 aromatic rings. The average Bonchev–Trinajstić information content (AvgIpc) is 3.55. The summed E-state index contributed by atoms with van der Waals surface area (Å²) in [6, 6.07) is 39.5. The molecule has 1 aliphatic rings. The van der Waals surface area contributed by atoms with E-state index in [0.717, 1.165) is 6.42 Å². The van der Waals surface area contributed by atoms with E-state index in [9.17, 15) is 0 Å². The van der Waals surface area contributed by atoms with Crippen molar-refractivity contribution in [3.05, 3.63) is 134 Å². The number of rotatable bonds is 4. The smallest absolute Gasteiger partial charge is 0.0541 e. The van der Waals surface area contributed by atoms with Crippen molar-refractivity contribution in [3.8, 4) is 28.1 Å². The highest BCUT2D eigenvalue weighted by Crippen LogP contribution is 2.35. The molecule has 2 heteroatoms. The summed E-state index contributed by atoms with van der Waals surface area (Å²) in [7, 11) is 0. The fourth-order valence-electron chi connectivity index (χ4n) is 5.57. The van der Waals surface area contributed by atoms with Crippen LogP contribution in [0.2, 0.25) is 0 Å². The van der Waals surface area contributed by atoms with Crippen molar-refractivity contribution in [2.24, 2.45) is 5.92 Å². The van der Waals surface area contributed by atoms with E-state index in [1.54, 1.807) is 0 Å². The van der Waals surface area contributed by atoms with Crippen LogP contribution in [0.15, 0.2) is 134 Å². The van der Waals surface area contributed by atoms with E-state index in [4.69, 9.17) is 0 Å². The van der Waals surface area contributed by atoms with Crippen molar-refractivity contribution >= 4 is 27.5 Å². The molecule has 0 fully saturated rings. The molecule has 178 valence electrons. The molecule has 0 spiro atoms. The molecule has 1 unspecified atom stereocenters. The van der Waals surface area contributed by atoms with E-state index < -0.39 is 0 Å². The van der Waals surface area contributed by atoms with Crippen LogP contribution in [0, 0.1) is 5.92 Å². The van der Waals surface area contributed by atoms with E-state index in [0.29, 0.717) is 5.92 Å². The van der Waals surface area contributed by atoms with Gasteiger partial charge in [0.2, 0.25) is 0 Å². The van der Waals surface area contributed by atoms with Gasteiger partial charge in [0.25, 0.3) is 0 Å². The van der Waals surface area contributed by atoms with Crippen LogP contribution in [-0.2, 0) is 0 Å². The fourth-order valence-corrected chi connectivity index (χ4v) is 5.57. The molecule has 0 aliphatic heterocycles. The molecule has 2 heterocycles. The van der Waals surface area contributed by atoms with Gasteiger partial charge in [-0.05, 0) is 76.9 Å². The zero-order valence-electron chi connectivity index (χ0n) is 20.9. The normalized spacial score (nSPS) is 15.4. The number of fused-ring (bicyclic) bond motifs is 2. The van der Waals surface area contributed by atoms with Crippen LogP contribution in [0.1, 0.15) is 13.3 Å². The highest BCUT2D eigenvalue weighted by Gasteiger charge is 2.14. The van der Waals surface area contributed by atoms with Gasteiger partial charge in [0.1, 0.15) is 0 Å². The van der Waals surface area contributed by atoms with Crippen LogP contribution in [0.4, 0.5) is 0 Å². The van der Waals surface area contributed by atoms with Gasteiger partial charge in [0, 0.05) is 23.0 Å². The summed E-state index contributed by atoms with van der Waals surface area (Å²) in [6.45, 7) is 2.28. The first-order chi connectivity index (χ1) is 18.2. The van der Waals surface area contributed by atoms with Gasteiger partial charge in [0.05, 0.1) is 16.7 Å².